The molecule has 3 saturated heterocycles. The molecule has 0 radical (unpaired) electrons. The molecule has 3 aliphatic heterocycles. The number of hydrogen-bond donors (Lipinski definition) is 2. The first-order valence-electron chi connectivity index (χ1n) is 14.8. The summed E-state index contributed by atoms with van der Waals surface area (Å²) in [5.74, 6) is -0.228. The lowest BCUT2D eigenvalue weighted by Gasteiger charge is -2.29. The van der Waals surface area contributed by atoms with Gasteiger partial charge in [-0.05, 0) is 37.5 Å². The smallest absolute Gasteiger partial charge is 0.351 e. The van der Waals surface area contributed by atoms with Crippen molar-refractivity contribution in [3.63, 3.8) is 0 Å². The van der Waals surface area contributed by atoms with Gasteiger partial charge in [-0.15, -0.1) is 0 Å². The maximum Gasteiger partial charge on any atom is 0.351 e. The zero-order valence-electron chi connectivity index (χ0n) is 24.7. The third kappa shape index (κ3) is 6.35. The molecule has 6 rings (SSSR count). The molecule has 0 aliphatic carbocycles. The number of ether oxygens (including phenoxy) is 3. The van der Waals surface area contributed by atoms with Crippen molar-refractivity contribution < 1.29 is 33.2 Å². The van der Waals surface area contributed by atoms with E-state index in [2.05, 4.69) is 27.1 Å². The molecule has 3 fully saturated rings. The van der Waals surface area contributed by atoms with Crippen LogP contribution in [0.2, 0.25) is 0 Å². The minimum atomic E-state index is -1.50. The van der Waals surface area contributed by atoms with Crippen molar-refractivity contribution in [1.82, 2.24) is 14.2 Å². The number of carbonyl (C=O) groups is 1. The summed E-state index contributed by atoms with van der Waals surface area (Å²) in [6.07, 6.45) is 0.204. The summed E-state index contributed by atoms with van der Waals surface area (Å²) >= 11 is 0. The van der Waals surface area contributed by atoms with Gasteiger partial charge in [0.15, 0.2) is 6.23 Å². The molecule has 0 spiro atoms. The number of nitrogens with zero attached hydrogens (tertiary/aromatic N) is 3. The van der Waals surface area contributed by atoms with Crippen LogP contribution in [-0.4, -0.2) is 83.1 Å². The van der Waals surface area contributed by atoms with E-state index in [1.807, 2.05) is 24.3 Å². The van der Waals surface area contributed by atoms with E-state index in [-0.39, 0.29) is 37.1 Å². The number of anilines is 1. The van der Waals surface area contributed by atoms with Gasteiger partial charge in [0.1, 0.15) is 30.2 Å². The summed E-state index contributed by atoms with van der Waals surface area (Å²) in [4.78, 5) is 30.3. The van der Waals surface area contributed by atoms with Crippen LogP contribution in [0.4, 0.5) is 5.82 Å². The molecule has 4 heterocycles. The van der Waals surface area contributed by atoms with Crippen LogP contribution in [0, 0.1) is 6.92 Å². The average Bonchev–Trinajstić information content (AvgIpc) is 3.75. The fraction of sp³-hybridized carbons (Fsp3) is 0.452. The predicted octanol–water partition coefficient (Wildman–Crippen LogP) is 3.57. The summed E-state index contributed by atoms with van der Waals surface area (Å²) in [5, 5.41) is 13.1. The summed E-state index contributed by atoms with van der Waals surface area (Å²) < 4.78 is 34.5. The number of aryl methyl sites for hydroxylation is 1. The van der Waals surface area contributed by atoms with Crippen molar-refractivity contribution >= 4 is 20.3 Å². The van der Waals surface area contributed by atoms with E-state index >= 15 is 0 Å². The van der Waals surface area contributed by atoms with E-state index in [1.165, 1.54) is 4.57 Å². The summed E-state index contributed by atoms with van der Waals surface area (Å²) in [6, 6.07) is 19.0. The molecular weight excluding hydrogens is 587 g/mol. The first-order valence-corrected chi connectivity index (χ1v) is 15.9. The Labute approximate surface area is 256 Å². The normalized spacial score (nSPS) is 28.3. The Kier molecular flexibility index (Phi) is 9.80. The van der Waals surface area contributed by atoms with Gasteiger partial charge in [-0.1, -0.05) is 48.5 Å². The topological polar surface area (TPSA) is 134 Å². The summed E-state index contributed by atoms with van der Waals surface area (Å²) in [6.45, 7) is 2.75. The number of benzene rings is 2. The lowest BCUT2D eigenvalue weighted by atomic mass is 10.0. The number of fused-ring (bicyclic) bond motifs is 1. The van der Waals surface area contributed by atoms with E-state index in [0.717, 1.165) is 24.9 Å². The van der Waals surface area contributed by atoms with Crippen molar-refractivity contribution in [2.45, 2.75) is 56.5 Å². The van der Waals surface area contributed by atoms with Crippen LogP contribution in [0.1, 0.15) is 46.7 Å². The number of aliphatic hydroxyl groups excluding tert-OH is 1. The van der Waals surface area contributed by atoms with Crippen molar-refractivity contribution in [2.75, 3.05) is 38.8 Å². The quantitative estimate of drug-likeness (QED) is 0.241. The van der Waals surface area contributed by atoms with Crippen LogP contribution < -0.4 is 11.0 Å². The number of aromatic nitrogens is 2. The molecule has 1 unspecified atom stereocenters. The lowest BCUT2D eigenvalue weighted by molar-refractivity contribution is -0.0811. The number of amides is 1. The molecule has 2 N–H and O–H groups in total. The molecule has 44 heavy (non-hydrogen) atoms. The third-order valence-corrected chi connectivity index (χ3v) is 9.86. The number of methoxy groups -OCH3 is 1. The summed E-state index contributed by atoms with van der Waals surface area (Å²) in [7, 11) is 0.0773. The third-order valence-electron chi connectivity index (χ3n) is 8.11. The van der Waals surface area contributed by atoms with E-state index in [4.69, 9.17) is 23.3 Å². The highest BCUT2D eigenvalue weighted by molar-refractivity contribution is 7.45. The molecule has 234 valence electrons. The fourth-order valence-corrected chi connectivity index (χ4v) is 7.92. The minimum absolute atomic E-state index is 0.128. The molecule has 3 aromatic rings. The minimum Gasteiger partial charge on any atom is -0.394 e. The first-order chi connectivity index (χ1) is 21.5. The number of rotatable bonds is 11. The Hall–Kier alpha value is -3.06. The maximum absolute atomic E-state index is 13.4. The molecule has 2 aromatic carbocycles. The van der Waals surface area contributed by atoms with Gasteiger partial charge in [0, 0.05) is 37.0 Å². The molecule has 13 heteroatoms. The van der Waals surface area contributed by atoms with E-state index in [0.29, 0.717) is 17.7 Å². The Morgan fingerprint density at radius 2 is 1.86 bits per heavy atom. The molecule has 0 bridgehead atoms. The average molecular weight is 625 g/mol. The van der Waals surface area contributed by atoms with Gasteiger partial charge >= 0.3 is 5.69 Å². The maximum atomic E-state index is 13.4. The molecule has 1 amide bonds. The van der Waals surface area contributed by atoms with Crippen molar-refractivity contribution in [3.8, 4) is 0 Å². The number of aliphatic hydroxyl groups is 1. The molecule has 7 atom stereocenters. The van der Waals surface area contributed by atoms with Gasteiger partial charge in [0.25, 0.3) is 14.4 Å². The van der Waals surface area contributed by atoms with Crippen LogP contribution in [-0.2, 0) is 23.3 Å². The van der Waals surface area contributed by atoms with E-state index in [1.54, 1.807) is 44.5 Å². The highest BCUT2D eigenvalue weighted by Gasteiger charge is 2.53. The van der Waals surface area contributed by atoms with Crippen LogP contribution in [0.3, 0.4) is 0 Å². The predicted molar refractivity (Wildman–Crippen MR) is 162 cm³/mol. The van der Waals surface area contributed by atoms with Crippen molar-refractivity contribution in [2.24, 2.45) is 0 Å². The zero-order valence-corrected chi connectivity index (χ0v) is 25.5. The Morgan fingerprint density at radius 3 is 2.59 bits per heavy atom. The number of carbonyl (C=O) groups excluding carboxylic acids is 1. The SMILES string of the molecule is COCCO[C@H]1C(O[P@@]2O[C@H](c3ccccc3)[C@@H]3CCCN32)[C@@H](CO)O[C@H]1n1cc(C)c(NC(=O)c2ccccc2)nc1=O. The van der Waals surface area contributed by atoms with Gasteiger partial charge < -0.3 is 33.7 Å². The second kappa shape index (κ2) is 13.9. The van der Waals surface area contributed by atoms with Crippen molar-refractivity contribution in [1.29, 1.82) is 0 Å². The van der Waals surface area contributed by atoms with Crippen LogP contribution in [0.5, 0.6) is 0 Å². The van der Waals surface area contributed by atoms with Gasteiger partial charge in [0.2, 0.25) is 0 Å². The monoisotopic (exact) mass is 624 g/mol. The fourth-order valence-electron chi connectivity index (χ4n) is 5.93. The Bertz CT molecular complexity index is 1480. The van der Waals surface area contributed by atoms with Crippen LogP contribution in [0.25, 0.3) is 0 Å². The van der Waals surface area contributed by atoms with Gasteiger partial charge in [-0.2, -0.15) is 4.98 Å². The van der Waals surface area contributed by atoms with E-state index < -0.39 is 38.8 Å². The molecular formula is C31H37N4O8P. The molecule has 0 saturated carbocycles. The first kappa shape index (κ1) is 30.9. The standard InChI is InChI=1S/C31H37N4O8P/c1-20-18-34(31(38)33-28(20)32-29(37)22-12-7-4-8-13-22)30-27(40-17-16-39-2)26(24(19-36)41-30)43-44-35-15-9-14-23(35)25(42-44)21-10-5-3-6-11-21/h3-8,10-13,18,23-27,30,36H,9,14-17,19H2,1-2H3,(H,32,33,37,38)/t23-,24+,25+,26?,27-,30+,44+/m0/s1. The number of hydrogen-bond acceptors (Lipinski definition) is 10. The molecule has 3 aliphatic rings. The lowest BCUT2D eigenvalue weighted by Crippen LogP contribution is -2.40. The van der Waals surface area contributed by atoms with Crippen LogP contribution >= 0.6 is 8.53 Å². The van der Waals surface area contributed by atoms with E-state index in [9.17, 15) is 14.7 Å². The zero-order chi connectivity index (χ0) is 30.6. The largest absolute Gasteiger partial charge is 0.394 e. The Morgan fingerprint density at radius 1 is 1.11 bits per heavy atom. The second-order valence-corrected chi connectivity index (χ2v) is 12.4. The molecule has 12 nitrogen and oxygen atoms in total. The highest BCUT2D eigenvalue weighted by Crippen LogP contribution is 2.61. The Balaban J connectivity index is 1.25. The van der Waals surface area contributed by atoms with Gasteiger partial charge in [-0.3, -0.25) is 9.36 Å². The summed E-state index contributed by atoms with van der Waals surface area (Å²) in [5.41, 5.74) is 1.44. The highest BCUT2D eigenvalue weighted by atomic mass is 31.2. The van der Waals surface area contributed by atoms with Gasteiger partial charge in [-0.25, -0.2) is 9.46 Å². The molecule has 1 aromatic heterocycles. The van der Waals surface area contributed by atoms with Crippen LogP contribution in [0.15, 0.2) is 71.7 Å². The van der Waals surface area contributed by atoms with Crippen molar-refractivity contribution in [3.05, 3.63) is 94.0 Å². The second-order valence-electron chi connectivity index (χ2n) is 11.0. The van der Waals surface area contributed by atoms with Gasteiger partial charge in [0.05, 0.1) is 19.8 Å². The number of nitrogens with one attached hydrogen (secondary N) is 1.